The molecule has 1 aromatic carbocycles. The molecule has 116 valence electrons. The van der Waals surface area contributed by atoms with Gasteiger partial charge in [-0.3, -0.25) is 10.1 Å². The van der Waals surface area contributed by atoms with Crippen molar-refractivity contribution in [1.82, 2.24) is 5.32 Å². The zero-order valence-electron chi connectivity index (χ0n) is 12.6. The van der Waals surface area contributed by atoms with Crippen molar-refractivity contribution in [3.8, 4) is 5.75 Å². The number of benzene rings is 1. The third-order valence-electron chi connectivity index (χ3n) is 4.58. The molecule has 0 aromatic heterocycles. The first kappa shape index (κ1) is 16.0. The number of hydrogen-bond acceptors (Lipinski definition) is 4. The van der Waals surface area contributed by atoms with E-state index in [-0.39, 0.29) is 17.2 Å². The van der Waals surface area contributed by atoms with Crippen LogP contribution in [0.25, 0.3) is 0 Å². The van der Waals surface area contributed by atoms with Crippen LogP contribution in [0.3, 0.4) is 0 Å². The fraction of sp³-hybridized carbons (Fsp3) is 0.600. The second-order valence-electron chi connectivity index (χ2n) is 5.68. The van der Waals surface area contributed by atoms with Crippen molar-refractivity contribution in [3.05, 3.63) is 33.3 Å². The van der Waals surface area contributed by atoms with Gasteiger partial charge in [-0.05, 0) is 25.1 Å². The topological polar surface area (TPSA) is 64.4 Å². The van der Waals surface area contributed by atoms with Gasteiger partial charge >= 0.3 is 5.69 Å². The third-order valence-corrected chi connectivity index (χ3v) is 4.82. The van der Waals surface area contributed by atoms with E-state index in [9.17, 15) is 10.1 Å². The van der Waals surface area contributed by atoms with Crippen LogP contribution in [0.4, 0.5) is 5.69 Å². The van der Waals surface area contributed by atoms with Gasteiger partial charge in [-0.25, -0.2) is 0 Å². The van der Waals surface area contributed by atoms with Gasteiger partial charge in [0.25, 0.3) is 0 Å². The summed E-state index contributed by atoms with van der Waals surface area (Å²) in [6.07, 6.45) is 1.79. The Morgan fingerprint density at radius 2 is 2.24 bits per heavy atom. The number of nitrogens with zero attached hydrogens (tertiary/aromatic N) is 1. The van der Waals surface area contributed by atoms with E-state index in [1.807, 2.05) is 0 Å². The minimum absolute atomic E-state index is 0.0104. The highest BCUT2D eigenvalue weighted by Crippen LogP contribution is 2.47. The molecule has 0 spiro atoms. The third kappa shape index (κ3) is 2.99. The molecule has 2 rings (SSSR count). The largest absolute Gasteiger partial charge is 0.483 e. The number of nitrogens with one attached hydrogen (secondary N) is 1. The molecule has 5 nitrogen and oxygen atoms in total. The number of halogens is 1. The van der Waals surface area contributed by atoms with Crippen molar-refractivity contribution in [2.24, 2.45) is 5.41 Å². The van der Waals surface area contributed by atoms with Crippen molar-refractivity contribution >= 4 is 17.3 Å². The first-order valence-electron chi connectivity index (χ1n) is 7.26. The smallest absolute Gasteiger partial charge is 0.312 e. The lowest BCUT2D eigenvalue weighted by atomic mass is 9.61. The second kappa shape index (κ2) is 6.20. The van der Waals surface area contributed by atoms with E-state index in [2.05, 4.69) is 26.1 Å². The van der Waals surface area contributed by atoms with E-state index in [0.717, 1.165) is 19.4 Å². The molecule has 0 amide bonds. The average Bonchev–Trinajstić information content (AvgIpc) is 2.46. The molecule has 3 unspecified atom stereocenters. The van der Waals surface area contributed by atoms with Gasteiger partial charge in [0, 0.05) is 29.0 Å². The first-order chi connectivity index (χ1) is 9.92. The maximum atomic E-state index is 11.1. The summed E-state index contributed by atoms with van der Waals surface area (Å²) in [6.45, 7) is 7.27. The SMILES string of the molecule is CCNC1CC(Oc2ccc(Cl)cc2[N+](=O)[O-])C1(C)CC. The number of nitro benzene ring substituents is 1. The Morgan fingerprint density at radius 3 is 2.81 bits per heavy atom. The summed E-state index contributed by atoms with van der Waals surface area (Å²) in [5.74, 6) is 0.295. The van der Waals surface area contributed by atoms with Crippen molar-refractivity contribution in [2.75, 3.05) is 6.54 Å². The number of hydrogen-bond donors (Lipinski definition) is 1. The maximum absolute atomic E-state index is 11.1. The Hall–Kier alpha value is -1.33. The Kier molecular flexibility index (Phi) is 4.74. The van der Waals surface area contributed by atoms with E-state index in [1.165, 1.54) is 6.07 Å². The molecule has 1 aliphatic rings. The van der Waals surface area contributed by atoms with Gasteiger partial charge in [0.1, 0.15) is 6.10 Å². The minimum atomic E-state index is -0.453. The average molecular weight is 313 g/mol. The highest BCUT2D eigenvalue weighted by atomic mass is 35.5. The summed E-state index contributed by atoms with van der Waals surface area (Å²) < 4.78 is 5.94. The lowest BCUT2D eigenvalue weighted by molar-refractivity contribution is -0.386. The monoisotopic (exact) mass is 312 g/mol. The quantitative estimate of drug-likeness (QED) is 0.641. The summed E-state index contributed by atoms with van der Waals surface area (Å²) in [7, 11) is 0. The molecule has 0 bridgehead atoms. The van der Waals surface area contributed by atoms with Crippen LogP contribution >= 0.6 is 11.6 Å². The molecule has 21 heavy (non-hydrogen) atoms. The summed E-state index contributed by atoms with van der Waals surface area (Å²) in [6, 6.07) is 4.93. The molecule has 1 N–H and O–H groups in total. The van der Waals surface area contributed by atoms with E-state index in [1.54, 1.807) is 12.1 Å². The normalized spacial score (nSPS) is 28.0. The van der Waals surface area contributed by atoms with Gasteiger partial charge in [0.15, 0.2) is 5.75 Å². The maximum Gasteiger partial charge on any atom is 0.312 e. The minimum Gasteiger partial charge on any atom is -0.483 e. The highest BCUT2D eigenvalue weighted by Gasteiger charge is 2.52. The molecule has 0 radical (unpaired) electrons. The standard InChI is InChI=1S/C15H21ClN2O3/c1-4-15(3)13(17-5-2)9-14(15)21-12-7-6-10(16)8-11(12)18(19)20/h6-8,13-14,17H,4-5,9H2,1-3H3. The first-order valence-corrected chi connectivity index (χ1v) is 7.64. The molecule has 0 heterocycles. The zero-order chi connectivity index (χ0) is 15.6. The summed E-state index contributed by atoms with van der Waals surface area (Å²) in [4.78, 5) is 10.7. The van der Waals surface area contributed by atoms with Crippen LogP contribution in [0.15, 0.2) is 18.2 Å². The summed E-state index contributed by atoms with van der Waals surface area (Å²) >= 11 is 5.82. The van der Waals surface area contributed by atoms with Gasteiger partial charge < -0.3 is 10.1 Å². The van der Waals surface area contributed by atoms with Gasteiger partial charge in [0.05, 0.1) is 4.92 Å². The Balaban J connectivity index is 2.18. The summed E-state index contributed by atoms with van der Waals surface area (Å²) in [5.41, 5.74) is -0.0865. The van der Waals surface area contributed by atoms with E-state index < -0.39 is 4.92 Å². The van der Waals surface area contributed by atoms with Gasteiger partial charge in [-0.2, -0.15) is 0 Å². The highest BCUT2D eigenvalue weighted by molar-refractivity contribution is 6.30. The van der Waals surface area contributed by atoms with Crippen LogP contribution in [-0.2, 0) is 0 Å². The van der Waals surface area contributed by atoms with E-state index in [4.69, 9.17) is 16.3 Å². The number of rotatable bonds is 6. The second-order valence-corrected chi connectivity index (χ2v) is 6.12. The molecule has 0 aliphatic heterocycles. The fourth-order valence-corrected chi connectivity index (χ4v) is 3.09. The van der Waals surface area contributed by atoms with Gasteiger partial charge in [-0.1, -0.05) is 32.4 Å². The van der Waals surface area contributed by atoms with Crippen molar-refractivity contribution < 1.29 is 9.66 Å². The van der Waals surface area contributed by atoms with Crippen LogP contribution in [0.5, 0.6) is 5.75 Å². The van der Waals surface area contributed by atoms with E-state index >= 15 is 0 Å². The Labute approximate surface area is 129 Å². The molecule has 1 fully saturated rings. The van der Waals surface area contributed by atoms with Crippen LogP contribution in [0, 0.1) is 15.5 Å². The Bertz CT molecular complexity index is 538. The van der Waals surface area contributed by atoms with Crippen molar-refractivity contribution in [2.45, 2.75) is 45.8 Å². The Morgan fingerprint density at radius 1 is 1.52 bits per heavy atom. The lowest BCUT2D eigenvalue weighted by Crippen LogP contribution is -2.63. The predicted octanol–water partition coefficient (Wildman–Crippen LogP) is 3.79. The number of ether oxygens (including phenoxy) is 1. The molecular formula is C15H21ClN2O3. The molecule has 1 aromatic rings. The molecular weight excluding hydrogens is 292 g/mol. The van der Waals surface area contributed by atoms with Crippen molar-refractivity contribution in [1.29, 1.82) is 0 Å². The van der Waals surface area contributed by atoms with Crippen LogP contribution < -0.4 is 10.1 Å². The molecule has 1 aliphatic carbocycles. The van der Waals surface area contributed by atoms with E-state index in [0.29, 0.717) is 16.8 Å². The lowest BCUT2D eigenvalue weighted by Gasteiger charge is -2.53. The molecule has 6 heteroatoms. The van der Waals surface area contributed by atoms with Crippen LogP contribution in [0.2, 0.25) is 5.02 Å². The van der Waals surface area contributed by atoms with Gasteiger partial charge in [-0.15, -0.1) is 0 Å². The van der Waals surface area contributed by atoms with Crippen LogP contribution in [0.1, 0.15) is 33.6 Å². The molecule has 3 atom stereocenters. The predicted molar refractivity (Wildman–Crippen MR) is 83.0 cm³/mol. The van der Waals surface area contributed by atoms with Crippen molar-refractivity contribution in [3.63, 3.8) is 0 Å². The molecule has 0 saturated heterocycles. The van der Waals surface area contributed by atoms with Crippen LogP contribution in [-0.4, -0.2) is 23.6 Å². The zero-order valence-corrected chi connectivity index (χ0v) is 13.3. The fourth-order valence-electron chi connectivity index (χ4n) is 2.92. The van der Waals surface area contributed by atoms with Gasteiger partial charge in [0.2, 0.25) is 0 Å². The summed E-state index contributed by atoms with van der Waals surface area (Å²) in [5, 5.41) is 14.9. The number of nitro groups is 1. The molecule has 1 saturated carbocycles.